The van der Waals surface area contributed by atoms with Crippen LogP contribution in [0.3, 0.4) is 0 Å². The van der Waals surface area contributed by atoms with Gasteiger partial charge in [0.2, 0.25) is 11.2 Å². The van der Waals surface area contributed by atoms with Crippen molar-refractivity contribution in [1.29, 1.82) is 0 Å². The molecule has 1 saturated carbocycles. The number of nitrogens with one attached hydrogen (secondary N) is 1. The van der Waals surface area contributed by atoms with Crippen molar-refractivity contribution >= 4 is 17.5 Å². The van der Waals surface area contributed by atoms with E-state index >= 15 is 0 Å². The van der Waals surface area contributed by atoms with Crippen LogP contribution >= 0.6 is 11.6 Å². The normalized spacial score (nSPS) is 22.8. The van der Waals surface area contributed by atoms with E-state index in [1.54, 1.807) is 0 Å². The van der Waals surface area contributed by atoms with Gasteiger partial charge in [-0.3, -0.25) is 0 Å². The van der Waals surface area contributed by atoms with Crippen LogP contribution in [-0.2, 0) is 0 Å². The van der Waals surface area contributed by atoms with Gasteiger partial charge in [0.15, 0.2) is 0 Å². The molecule has 1 aliphatic rings. The monoisotopic (exact) mass is 307 g/mol. The second-order valence-corrected chi connectivity index (χ2v) is 5.77. The molecule has 0 aliphatic heterocycles. The van der Waals surface area contributed by atoms with Crippen LogP contribution in [0.2, 0.25) is 5.28 Å². The highest BCUT2D eigenvalue weighted by Gasteiger charge is 2.21. The lowest BCUT2D eigenvalue weighted by Gasteiger charge is -2.22. The van der Waals surface area contributed by atoms with Crippen LogP contribution in [0.4, 0.5) is 5.95 Å². The molecule has 2 aromatic rings. The summed E-state index contributed by atoms with van der Waals surface area (Å²) in [5.41, 5.74) is 0. The molecule has 2 unspecified atom stereocenters. The summed E-state index contributed by atoms with van der Waals surface area (Å²) in [6, 6.07) is 0.370. The van der Waals surface area contributed by atoms with E-state index in [1.807, 2.05) is 0 Å². The van der Waals surface area contributed by atoms with E-state index in [0.29, 0.717) is 23.9 Å². The van der Waals surface area contributed by atoms with Crippen molar-refractivity contribution in [1.82, 2.24) is 29.7 Å². The third-order valence-corrected chi connectivity index (χ3v) is 4.06. The molecule has 1 N–H and O–H groups in total. The van der Waals surface area contributed by atoms with Crippen molar-refractivity contribution in [2.45, 2.75) is 45.1 Å². The van der Waals surface area contributed by atoms with Crippen molar-refractivity contribution in [3.8, 4) is 5.95 Å². The quantitative estimate of drug-likeness (QED) is 0.877. The minimum Gasteiger partial charge on any atom is -0.351 e. The molecule has 3 rings (SSSR count). The van der Waals surface area contributed by atoms with E-state index in [0.717, 1.165) is 6.42 Å². The number of anilines is 1. The van der Waals surface area contributed by atoms with Gasteiger partial charge in [0.05, 0.1) is 0 Å². The van der Waals surface area contributed by atoms with Crippen LogP contribution in [0.1, 0.15) is 39.0 Å². The molecular weight excluding hydrogens is 290 g/mol. The number of aromatic nitrogens is 6. The highest BCUT2D eigenvalue weighted by molar-refractivity contribution is 6.28. The first-order valence-corrected chi connectivity index (χ1v) is 7.63. The number of hydrogen-bond acceptors (Lipinski definition) is 6. The fourth-order valence-electron chi connectivity index (χ4n) is 2.69. The van der Waals surface area contributed by atoms with Gasteiger partial charge in [0.25, 0.3) is 5.95 Å². The average Bonchev–Trinajstić information content (AvgIpc) is 2.92. The molecule has 7 nitrogen and oxygen atoms in total. The Labute approximate surface area is 128 Å². The van der Waals surface area contributed by atoms with E-state index in [9.17, 15) is 0 Å². The Morgan fingerprint density at radius 3 is 2.86 bits per heavy atom. The first kappa shape index (κ1) is 14.2. The summed E-state index contributed by atoms with van der Waals surface area (Å²) in [5.74, 6) is 1.47. The summed E-state index contributed by atoms with van der Waals surface area (Å²) >= 11 is 5.99. The molecule has 21 heavy (non-hydrogen) atoms. The second kappa shape index (κ2) is 6.34. The fraction of sp³-hybridized carbons (Fsp3) is 0.615. The Hall–Kier alpha value is -1.76. The standard InChI is InChI=1S/C13H18ClN7/c1-9-5-3-2-4-6-10(9)17-12-18-11(14)19-13(20-12)21-8-15-7-16-21/h7-10H,2-6H2,1H3,(H,17,18,19,20). The molecule has 1 fully saturated rings. The Morgan fingerprint density at radius 1 is 1.19 bits per heavy atom. The third kappa shape index (κ3) is 3.47. The first-order chi connectivity index (χ1) is 10.2. The fourth-order valence-corrected chi connectivity index (χ4v) is 2.85. The van der Waals surface area contributed by atoms with Crippen molar-refractivity contribution in [3.63, 3.8) is 0 Å². The molecule has 0 saturated heterocycles. The summed E-state index contributed by atoms with van der Waals surface area (Å²) < 4.78 is 1.47. The zero-order valence-corrected chi connectivity index (χ0v) is 12.7. The smallest absolute Gasteiger partial charge is 0.258 e. The lowest BCUT2D eigenvalue weighted by molar-refractivity contribution is 0.454. The predicted octanol–water partition coefficient (Wildman–Crippen LogP) is 2.49. The summed E-state index contributed by atoms with van der Waals surface area (Å²) in [7, 11) is 0. The molecule has 0 amide bonds. The molecular formula is C13H18ClN7. The van der Waals surface area contributed by atoms with E-state index in [1.165, 1.54) is 43.0 Å². The van der Waals surface area contributed by atoms with Gasteiger partial charge in [-0.05, 0) is 30.4 Å². The molecule has 0 radical (unpaired) electrons. The minimum atomic E-state index is 0.152. The van der Waals surface area contributed by atoms with Crippen molar-refractivity contribution in [3.05, 3.63) is 17.9 Å². The summed E-state index contributed by atoms with van der Waals surface area (Å²) in [4.78, 5) is 16.5. The minimum absolute atomic E-state index is 0.152. The Balaban J connectivity index is 1.81. The van der Waals surface area contributed by atoms with Gasteiger partial charge < -0.3 is 5.32 Å². The van der Waals surface area contributed by atoms with Crippen molar-refractivity contribution in [2.24, 2.45) is 5.92 Å². The van der Waals surface area contributed by atoms with Gasteiger partial charge >= 0.3 is 0 Å². The molecule has 0 spiro atoms. The summed E-state index contributed by atoms with van der Waals surface area (Å²) in [6.45, 7) is 2.27. The van der Waals surface area contributed by atoms with Gasteiger partial charge in [-0.15, -0.1) is 0 Å². The molecule has 2 atom stereocenters. The highest BCUT2D eigenvalue weighted by Crippen LogP contribution is 2.25. The van der Waals surface area contributed by atoms with Crippen LogP contribution in [0, 0.1) is 5.92 Å². The van der Waals surface area contributed by atoms with E-state index in [4.69, 9.17) is 11.6 Å². The van der Waals surface area contributed by atoms with Crippen LogP contribution < -0.4 is 5.32 Å². The van der Waals surface area contributed by atoms with Crippen LogP contribution in [-0.4, -0.2) is 35.8 Å². The molecule has 0 aromatic carbocycles. The molecule has 2 heterocycles. The van der Waals surface area contributed by atoms with Crippen LogP contribution in [0.25, 0.3) is 5.95 Å². The topological polar surface area (TPSA) is 81.4 Å². The lowest BCUT2D eigenvalue weighted by atomic mass is 9.97. The predicted molar refractivity (Wildman–Crippen MR) is 79.4 cm³/mol. The average molecular weight is 308 g/mol. The Morgan fingerprint density at radius 2 is 2.05 bits per heavy atom. The number of hydrogen-bond donors (Lipinski definition) is 1. The Kier molecular flexibility index (Phi) is 4.28. The zero-order chi connectivity index (χ0) is 14.7. The van der Waals surface area contributed by atoms with E-state index in [-0.39, 0.29) is 5.28 Å². The molecule has 1 aliphatic carbocycles. The number of rotatable bonds is 3. The van der Waals surface area contributed by atoms with Crippen LogP contribution in [0.15, 0.2) is 12.7 Å². The van der Waals surface area contributed by atoms with Crippen molar-refractivity contribution < 1.29 is 0 Å². The van der Waals surface area contributed by atoms with E-state index in [2.05, 4.69) is 37.3 Å². The summed E-state index contributed by atoms with van der Waals surface area (Å²) in [6.07, 6.45) is 9.14. The van der Waals surface area contributed by atoms with Crippen molar-refractivity contribution in [2.75, 3.05) is 5.32 Å². The maximum atomic E-state index is 5.99. The number of halogens is 1. The van der Waals surface area contributed by atoms with Gasteiger partial charge in [0.1, 0.15) is 12.7 Å². The maximum absolute atomic E-state index is 5.99. The van der Waals surface area contributed by atoms with Gasteiger partial charge in [-0.25, -0.2) is 4.98 Å². The molecule has 0 bridgehead atoms. The largest absolute Gasteiger partial charge is 0.351 e. The second-order valence-electron chi connectivity index (χ2n) is 5.43. The van der Waals surface area contributed by atoms with Gasteiger partial charge in [-0.2, -0.15) is 24.7 Å². The SMILES string of the molecule is CC1CCCCCC1Nc1nc(Cl)nc(-n2cncn2)n1. The van der Waals surface area contributed by atoms with Crippen LogP contribution in [0.5, 0.6) is 0 Å². The highest BCUT2D eigenvalue weighted by atomic mass is 35.5. The zero-order valence-electron chi connectivity index (χ0n) is 11.9. The molecule has 8 heteroatoms. The first-order valence-electron chi connectivity index (χ1n) is 7.25. The lowest BCUT2D eigenvalue weighted by Crippen LogP contribution is -2.27. The van der Waals surface area contributed by atoms with Gasteiger partial charge in [-0.1, -0.05) is 26.2 Å². The van der Waals surface area contributed by atoms with E-state index < -0.39 is 0 Å². The third-order valence-electron chi connectivity index (χ3n) is 3.90. The summed E-state index contributed by atoms with van der Waals surface area (Å²) in [5, 5.41) is 7.57. The maximum Gasteiger partial charge on any atom is 0.258 e. The van der Waals surface area contributed by atoms with Gasteiger partial charge in [0, 0.05) is 6.04 Å². The Bertz CT molecular complexity index is 586. The molecule has 112 valence electrons. The number of nitrogens with zero attached hydrogens (tertiary/aromatic N) is 6. The molecule has 2 aromatic heterocycles.